The van der Waals surface area contributed by atoms with Crippen LogP contribution in [0.2, 0.25) is 0 Å². The van der Waals surface area contributed by atoms with E-state index in [9.17, 15) is 9.59 Å². The number of carbonyl (C=O) groups excluding carboxylic acids is 2. The minimum absolute atomic E-state index is 0.0608. The third-order valence-electron chi connectivity index (χ3n) is 8.10. The van der Waals surface area contributed by atoms with Crippen LogP contribution in [0.25, 0.3) is 11.8 Å². The van der Waals surface area contributed by atoms with Crippen molar-refractivity contribution in [2.45, 2.75) is 32.0 Å². The van der Waals surface area contributed by atoms with Crippen LogP contribution in [0.15, 0.2) is 122 Å². The molecule has 3 heterocycles. The summed E-state index contributed by atoms with van der Waals surface area (Å²) in [5.74, 6) is 0.179. The van der Waals surface area contributed by atoms with E-state index in [2.05, 4.69) is 22.2 Å². The lowest BCUT2D eigenvalue weighted by atomic mass is 9.97. The van der Waals surface area contributed by atoms with Crippen LogP contribution >= 0.6 is 0 Å². The molecule has 0 spiro atoms. The zero-order valence-electron chi connectivity index (χ0n) is 25.2. The molecule has 1 aliphatic rings. The molecule has 1 aliphatic heterocycles. The first-order valence-electron chi connectivity index (χ1n) is 15.0. The first-order chi connectivity index (χ1) is 22.1. The second-order valence-electron chi connectivity index (χ2n) is 11.0. The van der Waals surface area contributed by atoms with Gasteiger partial charge in [0.15, 0.2) is 0 Å². The number of amides is 2. The molecule has 1 atom stereocenters. The topological polar surface area (TPSA) is 80.6 Å². The second kappa shape index (κ2) is 13.9. The van der Waals surface area contributed by atoms with Crippen molar-refractivity contribution in [3.8, 4) is 11.6 Å². The van der Waals surface area contributed by atoms with Crippen molar-refractivity contribution >= 4 is 17.9 Å². The maximum atomic E-state index is 14.5. The van der Waals surface area contributed by atoms with Gasteiger partial charge in [0.2, 0.25) is 17.7 Å². The SMILES string of the molecule is COc1ccc(C=CC(=O)N(Cc2ccc(-n3cccn3)cc2)[C@@H](Cc2ccccc2)C(=O)N2CCc3ccccc3C2)cn1. The van der Waals surface area contributed by atoms with E-state index in [0.29, 0.717) is 25.4 Å². The number of carbonyl (C=O) groups is 2. The van der Waals surface area contributed by atoms with Crippen LogP contribution < -0.4 is 4.74 Å². The highest BCUT2D eigenvalue weighted by Gasteiger charge is 2.34. The molecule has 8 nitrogen and oxygen atoms in total. The van der Waals surface area contributed by atoms with Gasteiger partial charge in [-0.05, 0) is 64.6 Å². The fourth-order valence-corrected chi connectivity index (χ4v) is 5.65. The van der Waals surface area contributed by atoms with Crippen LogP contribution in [0.5, 0.6) is 5.88 Å². The van der Waals surface area contributed by atoms with E-state index in [4.69, 9.17) is 4.74 Å². The third-order valence-corrected chi connectivity index (χ3v) is 8.10. The van der Waals surface area contributed by atoms with Gasteiger partial charge in [-0.1, -0.05) is 66.7 Å². The summed E-state index contributed by atoms with van der Waals surface area (Å²) in [6.45, 7) is 1.39. The van der Waals surface area contributed by atoms with Crippen molar-refractivity contribution in [3.05, 3.63) is 150 Å². The van der Waals surface area contributed by atoms with Gasteiger partial charge in [0.1, 0.15) is 6.04 Å². The lowest BCUT2D eigenvalue weighted by Gasteiger charge is -2.37. The van der Waals surface area contributed by atoms with E-state index in [1.165, 1.54) is 11.6 Å². The average Bonchev–Trinajstić information content (AvgIpc) is 3.64. The Morgan fingerprint density at radius 2 is 1.69 bits per heavy atom. The monoisotopic (exact) mass is 597 g/mol. The number of nitrogens with zero attached hydrogens (tertiary/aromatic N) is 5. The Hall–Kier alpha value is -5.50. The van der Waals surface area contributed by atoms with Crippen molar-refractivity contribution in [2.75, 3.05) is 13.7 Å². The van der Waals surface area contributed by atoms with Gasteiger partial charge in [-0.2, -0.15) is 5.10 Å². The number of methoxy groups -OCH3 is 1. The molecule has 0 saturated heterocycles. The summed E-state index contributed by atoms with van der Waals surface area (Å²) >= 11 is 0. The van der Waals surface area contributed by atoms with Crippen LogP contribution in [0.3, 0.4) is 0 Å². The van der Waals surface area contributed by atoms with Crippen LogP contribution in [0.1, 0.15) is 27.8 Å². The first kappa shape index (κ1) is 29.6. The molecule has 2 aromatic heterocycles. The highest BCUT2D eigenvalue weighted by atomic mass is 16.5. The normalized spacial score (nSPS) is 13.3. The molecule has 45 heavy (non-hydrogen) atoms. The smallest absolute Gasteiger partial charge is 0.247 e. The Labute approximate surface area is 263 Å². The van der Waals surface area contributed by atoms with Crippen LogP contribution in [-0.4, -0.2) is 56.1 Å². The fourth-order valence-electron chi connectivity index (χ4n) is 5.65. The Balaban J connectivity index is 1.33. The molecule has 2 amide bonds. The van der Waals surface area contributed by atoms with Gasteiger partial charge >= 0.3 is 0 Å². The summed E-state index contributed by atoms with van der Waals surface area (Å²) < 4.78 is 6.95. The molecule has 226 valence electrons. The van der Waals surface area contributed by atoms with Gasteiger partial charge in [0, 0.05) is 56.8 Å². The summed E-state index contributed by atoms with van der Waals surface area (Å²) in [5, 5.41) is 4.32. The quantitative estimate of drug-likeness (QED) is 0.198. The molecule has 0 fully saturated rings. The summed E-state index contributed by atoms with van der Waals surface area (Å²) in [6, 6.07) is 30.8. The minimum atomic E-state index is -0.713. The van der Waals surface area contributed by atoms with E-state index in [0.717, 1.165) is 34.4 Å². The molecule has 0 aliphatic carbocycles. The van der Waals surface area contributed by atoms with E-state index < -0.39 is 6.04 Å². The van der Waals surface area contributed by atoms with Gasteiger partial charge in [0.05, 0.1) is 12.8 Å². The maximum Gasteiger partial charge on any atom is 0.247 e. The van der Waals surface area contributed by atoms with Crippen LogP contribution in [-0.2, 0) is 35.5 Å². The molecule has 0 unspecified atom stereocenters. The largest absolute Gasteiger partial charge is 0.481 e. The van der Waals surface area contributed by atoms with Crippen molar-refractivity contribution in [1.29, 1.82) is 0 Å². The van der Waals surface area contributed by atoms with E-state index in [-0.39, 0.29) is 18.4 Å². The zero-order chi connectivity index (χ0) is 31.0. The van der Waals surface area contributed by atoms with Crippen LogP contribution in [0, 0.1) is 0 Å². The lowest BCUT2D eigenvalue weighted by Crippen LogP contribution is -2.52. The number of hydrogen-bond acceptors (Lipinski definition) is 5. The van der Waals surface area contributed by atoms with Gasteiger partial charge < -0.3 is 14.5 Å². The van der Waals surface area contributed by atoms with Gasteiger partial charge in [0.25, 0.3) is 0 Å². The summed E-state index contributed by atoms with van der Waals surface area (Å²) in [4.78, 5) is 36.4. The van der Waals surface area contributed by atoms with Crippen molar-refractivity contribution < 1.29 is 14.3 Å². The van der Waals surface area contributed by atoms with Gasteiger partial charge in [-0.3, -0.25) is 9.59 Å². The Morgan fingerprint density at radius 3 is 2.40 bits per heavy atom. The highest BCUT2D eigenvalue weighted by molar-refractivity contribution is 5.95. The standard InChI is InChI=1S/C37H35N5O3/c1-45-35-18-14-29(25-38-35)15-19-36(43)41(26-30-12-16-33(17-13-30)42-22-7-21-39-42)34(24-28-8-3-2-4-9-28)37(44)40-23-20-31-10-5-6-11-32(31)27-40/h2-19,21-22,25,34H,20,23-24,26-27H2,1H3/t34-/m0/s1. The molecular weight excluding hydrogens is 562 g/mol. The predicted octanol–water partition coefficient (Wildman–Crippen LogP) is 5.51. The van der Waals surface area contributed by atoms with Crippen molar-refractivity contribution in [1.82, 2.24) is 24.6 Å². The first-order valence-corrected chi connectivity index (χ1v) is 15.0. The summed E-state index contributed by atoms with van der Waals surface area (Å²) in [5.41, 5.74) is 5.98. The summed E-state index contributed by atoms with van der Waals surface area (Å²) in [6.07, 6.45) is 9.70. The molecule has 0 N–H and O–H groups in total. The van der Waals surface area contributed by atoms with Crippen molar-refractivity contribution in [3.63, 3.8) is 0 Å². The maximum absolute atomic E-state index is 14.5. The number of benzene rings is 3. The number of hydrogen-bond donors (Lipinski definition) is 0. The number of fused-ring (bicyclic) bond motifs is 1. The molecule has 3 aromatic carbocycles. The molecule has 5 aromatic rings. The molecule has 0 saturated carbocycles. The Bertz CT molecular complexity index is 1750. The Morgan fingerprint density at radius 1 is 0.911 bits per heavy atom. The fraction of sp³-hybridized carbons (Fsp3) is 0.189. The number of rotatable bonds is 10. The summed E-state index contributed by atoms with van der Waals surface area (Å²) in [7, 11) is 1.56. The van der Waals surface area contributed by atoms with E-state index in [1.54, 1.807) is 41.2 Å². The zero-order valence-corrected chi connectivity index (χ0v) is 25.2. The van der Waals surface area contributed by atoms with E-state index in [1.807, 2.05) is 90.0 Å². The Kier molecular flexibility index (Phi) is 9.11. The van der Waals surface area contributed by atoms with E-state index >= 15 is 0 Å². The van der Waals surface area contributed by atoms with Gasteiger partial charge in [-0.25, -0.2) is 9.67 Å². The number of ether oxygens (including phenoxy) is 1. The minimum Gasteiger partial charge on any atom is -0.481 e. The molecule has 0 bridgehead atoms. The third kappa shape index (κ3) is 7.18. The highest BCUT2D eigenvalue weighted by Crippen LogP contribution is 2.23. The lowest BCUT2D eigenvalue weighted by molar-refractivity contribution is -0.144. The molecular formula is C37H35N5O3. The number of pyridine rings is 1. The molecule has 0 radical (unpaired) electrons. The van der Waals surface area contributed by atoms with Crippen LogP contribution in [0.4, 0.5) is 0 Å². The molecule has 6 rings (SSSR count). The second-order valence-corrected chi connectivity index (χ2v) is 11.0. The molecule has 8 heteroatoms. The van der Waals surface area contributed by atoms with Crippen molar-refractivity contribution in [2.24, 2.45) is 0 Å². The average molecular weight is 598 g/mol. The predicted molar refractivity (Wildman–Crippen MR) is 173 cm³/mol. The number of aromatic nitrogens is 3. The van der Waals surface area contributed by atoms with Gasteiger partial charge in [-0.15, -0.1) is 0 Å².